The van der Waals surface area contributed by atoms with Crippen molar-refractivity contribution in [2.24, 2.45) is 0 Å². The molecule has 0 radical (unpaired) electrons. The number of aromatic nitrogens is 1. The summed E-state index contributed by atoms with van der Waals surface area (Å²) in [5, 5.41) is 2.47. The predicted molar refractivity (Wildman–Crippen MR) is 90.5 cm³/mol. The molecule has 0 aliphatic heterocycles. The van der Waals surface area contributed by atoms with Crippen LogP contribution >= 0.6 is 0 Å². The molecule has 1 aromatic heterocycles. The van der Waals surface area contributed by atoms with Crippen LogP contribution in [-0.2, 0) is 16.1 Å². The highest BCUT2D eigenvalue weighted by molar-refractivity contribution is 5.95. The molecule has 0 atom stereocenters. The van der Waals surface area contributed by atoms with Gasteiger partial charge in [0.15, 0.2) is 12.4 Å². The Hall–Kier alpha value is -3.48. The first-order chi connectivity index (χ1) is 12.6. The average molecular weight is 354 g/mol. The quantitative estimate of drug-likeness (QED) is 0.688. The molecule has 6 nitrogen and oxygen atoms in total. The Kier molecular flexibility index (Phi) is 5.38. The van der Waals surface area contributed by atoms with E-state index in [2.05, 4.69) is 10.3 Å². The molecule has 0 unspecified atom stereocenters. The molecule has 0 aliphatic carbocycles. The van der Waals surface area contributed by atoms with E-state index in [1.165, 1.54) is 18.3 Å². The molecule has 0 spiro atoms. The van der Waals surface area contributed by atoms with E-state index in [0.717, 1.165) is 0 Å². The van der Waals surface area contributed by atoms with Crippen molar-refractivity contribution in [1.82, 2.24) is 10.3 Å². The second kappa shape index (κ2) is 8.06. The minimum Gasteiger partial charge on any atom is -0.454 e. The summed E-state index contributed by atoms with van der Waals surface area (Å²) in [5.74, 6) is -0.687. The van der Waals surface area contributed by atoms with E-state index in [1.54, 1.807) is 42.5 Å². The summed E-state index contributed by atoms with van der Waals surface area (Å²) >= 11 is 0. The van der Waals surface area contributed by atoms with Crippen LogP contribution in [0.15, 0.2) is 65.2 Å². The summed E-state index contributed by atoms with van der Waals surface area (Å²) in [6, 6.07) is 14.3. The summed E-state index contributed by atoms with van der Waals surface area (Å²) in [7, 11) is 0. The van der Waals surface area contributed by atoms with Crippen molar-refractivity contribution in [2.45, 2.75) is 6.61 Å². The Morgan fingerprint density at radius 2 is 1.81 bits per heavy atom. The molecule has 3 aromatic rings. The summed E-state index contributed by atoms with van der Waals surface area (Å²) in [5.41, 5.74) is 1.11. The lowest BCUT2D eigenvalue weighted by molar-refractivity contribution is -0.144. The second-order valence-electron chi connectivity index (χ2n) is 5.33. The molecule has 0 bridgehead atoms. The van der Waals surface area contributed by atoms with Crippen LogP contribution in [-0.4, -0.2) is 23.4 Å². The molecular formula is C19H15FN2O4. The first kappa shape index (κ1) is 17.3. The average Bonchev–Trinajstić information content (AvgIpc) is 3.14. The number of amides is 1. The second-order valence-corrected chi connectivity index (χ2v) is 5.33. The van der Waals surface area contributed by atoms with Crippen molar-refractivity contribution in [3.8, 4) is 11.3 Å². The highest BCUT2D eigenvalue weighted by atomic mass is 19.1. The van der Waals surface area contributed by atoms with E-state index in [9.17, 15) is 14.0 Å². The lowest BCUT2D eigenvalue weighted by Gasteiger charge is -2.05. The third-order valence-corrected chi connectivity index (χ3v) is 3.47. The highest BCUT2D eigenvalue weighted by Gasteiger charge is 2.11. The molecule has 7 heteroatoms. The van der Waals surface area contributed by atoms with Crippen molar-refractivity contribution in [1.29, 1.82) is 0 Å². The zero-order valence-electron chi connectivity index (χ0n) is 13.6. The van der Waals surface area contributed by atoms with Gasteiger partial charge in [-0.05, 0) is 36.4 Å². The largest absolute Gasteiger partial charge is 0.454 e. The van der Waals surface area contributed by atoms with Gasteiger partial charge in [-0.25, -0.2) is 9.37 Å². The van der Waals surface area contributed by atoms with Gasteiger partial charge < -0.3 is 14.5 Å². The normalized spacial score (nSPS) is 10.3. The predicted octanol–water partition coefficient (Wildman–Crippen LogP) is 2.95. The highest BCUT2D eigenvalue weighted by Crippen LogP contribution is 2.20. The molecule has 3 rings (SSSR count). The van der Waals surface area contributed by atoms with E-state index in [-0.39, 0.29) is 30.8 Å². The topological polar surface area (TPSA) is 81.4 Å². The SMILES string of the molecule is O=C(CNC(=O)c1ccccc1)OCc1ncc(-c2ccc(F)cc2)o1. The van der Waals surface area contributed by atoms with E-state index in [1.807, 2.05) is 0 Å². The Bertz CT molecular complexity index is 891. The number of carbonyl (C=O) groups excluding carboxylic acids is 2. The number of nitrogens with zero attached hydrogens (tertiary/aromatic N) is 1. The summed E-state index contributed by atoms with van der Waals surface area (Å²) < 4.78 is 23.4. The fourth-order valence-corrected chi connectivity index (χ4v) is 2.16. The zero-order chi connectivity index (χ0) is 18.4. The fraction of sp³-hybridized carbons (Fsp3) is 0.105. The molecular weight excluding hydrogens is 339 g/mol. The summed E-state index contributed by atoms with van der Waals surface area (Å²) in [6.07, 6.45) is 1.47. The molecule has 26 heavy (non-hydrogen) atoms. The van der Waals surface area contributed by atoms with E-state index in [0.29, 0.717) is 16.9 Å². The van der Waals surface area contributed by atoms with Gasteiger partial charge in [-0.2, -0.15) is 0 Å². The number of esters is 1. The Balaban J connectivity index is 1.47. The third-order valence-electron chi connectivity index (χ3n) is 3.47. The lowest BCUT2D eigenvalue weighted by Crippen LogP contribution is -2.30. The number of nitrogens with one attached hydrogen (secondary N) is 1. The van der Waals surface area contributed by atoms with Crippen molar-refractivity contribution in [3.63, 3.8) is 0 Å². The van der Waals surface area contributed by atoms with Crippen LogP contribution in [0, 0.1) is 5.82 Å². The van der Waals surface area contributed by atoms with Gasteiger partial charge in [-0.1, -0.05) is 18.2 Å². The number of rotatable bonds is 6. The van der Waals surface area contributed by atoms with Gasteiger partial charge in [-0.3, -0.25) is 9.59 Å². The minimum atomic E-state index is -0.615. The number of halogens is 1. The number of carbonyl (C=O) groups is 2. The Labute approximate surface area is 148 Å². The van der Waals surface area contributed by atoms with Crippen molar-refractivity contribution >= 4 is 11.9 Å². The molecule has 132 valence electrons. The number of ether oxygens (including phenoxy) is 1. The molecule has 0 fully saturated rings. The van der Waals surface area contributed by atoms with Crippen molar-refractivity contribution in [2.75, 3.05) is 6.54 Å². The summed E-state index contributed by atoms with van der Waals surface area (Å²) in [4.78, 5) is 27.6. The van der Waals surface area contributed by atoms with Crippen LogP contribution in [0.3, 0.4) is 0 Å². The van der Waals surface area contributed by atoms with Gasteiger partial charge in [0.1, 0.15) is 12.4 Å². The van der Waals surface area contributed by atoms with Gasteiger partial charge in [-0.15, -0.1) is 0 Å². The monoisotopic (exact) mass is 354 g/mol. The standard InChI is InChI=1S/C19H15FN2O4/c20-15-8-6-13(7-9-15)16-10-21-17(26-16)12-25-18(23)11-22-19(24)14-4-2-1-3-5-14/h1-10H,11-12H2,(H,22,24). The lowest BCUT2D eigenvalue weighted by atomic mass is 10.2. The molecule has 0 saturated carbocycles. The number of hydrogen-bond donors (Lipinski definition) is 1. The van der Waals surface area contributed by atoms with E-state index < -0.39 is 5.97 Å². The number of benzene rings is 2. The molecule has 2 aromatic carbocycles. The third kappa shape index (κ3) is 4.54. The molecule has 0 saturated heterocycles. The van der Waals surface area contributed by atoms with Gasteiger partial charge in [0.05, 0.1) is 6.20 Å². The van der Waals surface area contributed by atoms with Crippen LogP contribution in [0.5, 0.6) is 0 Å². The summed E-state index contributed by atoms with van der Waals surface area (Å²) in [6.45, 7) is -0.430. The van der Waals surface area contributed by atoms with Crippen molar-refractivity contribution < 1.29 is 23.1 Å². The van der Waals surface area contributed by atoms with Gasteiger partial charge in [0.25, 0.3) is 5.91 Å². The van der Waals surface area contributed by atoms with Crippen molar-refractivity contribution in [3.05, 3.63) is 78.1 Å². The fourth-order valence-electron chi connectivity index (χ4n) is 2.16. The Morgan fingerprint density at radius 3 is 2.54 bits per heavy atom. The smallest absolute Gasteiger partial charge is 0.325 e. The molecule has 0 aliphatic rings. The van der Waals surface area contributed by atoms with Gasteiger partial charge in [0, 0.05) is 11.1 Å². The zero-order valence-corrected chi connectivity index (χ0v) is 13.6. The maximum absolute atomic E-state index is 12.9. The number of oxazole rings is 1. The maximum atomic E-state index is 12.9. The first-order valence-corrected chi connectivity index (χ1v) is 7.81. The van der Waals surface area contributed by atoms with Gasteiger partial charge >= 0.3 is 5.97 Å². The van der Waals surface area contributed by atoms with Crippen LogP contribution in [0.25, 0.3) is 11.3 Å². The minimum absolute atomic E-state index is 0.165. The molecule has 1 N–H and O–H groups in total. The number of hydrogen-bond acceptors (Lipinski definition) is 5. The van der Waals surface area contributed by atoms with Crippen LogP contribution in [0.2, 0.25) is 0 Å². The van der Waals surface area contributed by atoms with Crippen LogP contribution < -0.4 is 5.32 Å². The first-order valence-electron chi connectivity index (χ1n) is 7.81. The maximum Gasteiger partial charge on any atom is 0.325 e. The molecule has 1 heterocycles. The molecule has 1 amide bonds. The van der Waals surface area contributed by atoms with E-state index >= 15 is 0 Å². The van der Waals surface area contributed by atoms with Crippen LogP contribution in [0.4, 0.5) is 4.39 Å². The van der Waals surface area contributed by atoms with Gasteiger partial charge in [0.2, 0.25) is 5.89 Å². The Morgan fingerprint density at radius 1 is 1.08 bits per heavy atom. The van der Waals surface area contributed by atoms with Crippen LogP contribution in [0.1, 0.15) is 16.2 Å². The van der Waals surface area contributed by atoms with E-state index in [4.69, 9.17) is 9.15 Å².